The molecule has 1 aliphatic rings. The molecule has 0 bridgehead atoms. The minimum atomic E-state index is -4.65. The highest BCUT2D eigenvalue weighted by molar-refractivity contribution is 6.23. The van der Waals surface area contributed by atoms with Gasteiger partial charge in [-0.05, 0) is 68.9 Å². The van der Waals surface area contributed by atoms with Crippen molar-refractivity contribution in [2.45, 2.75) is 58.3 Å². The quantitative estimate of drug-likeness (QED) is 0.113. The Kier molecular flexibility index (Phi) is 10.1. The van der Waals surface area contributed by atoms with Crippen molar-refractivity contribution in [2.24, 2.45) is 5.92 Å². The number of nitrogens with one attached hydrogen (secondary N) is 3. The number of rotatable bonds is 11. The number of alkyl halides is 3. The van der Waals surface area contributed by atoms with Crippen molar-refractivity contribution in [1.29, 1.82) is 0 Å². The van der Waals surface area contributed by atoms with Gasteiger partial charge in [-0.15, -0.1) is 0 Å². The first-order chi connectivity index (χ1) is 21.6. The van der Waals surface area contributed by atoms with E-state index < -0.39 is 58.9 Å². The summed E-state index contributed by atoms with van der Waals surface area (Å²) in [4.78, 5) is 42.5. The number of carboxylic acid groups (broad SMARTS) is 1. The summed E-state index contributed by atoms with van der Waals surface area (Å²) in [5.41, 5.74) is 1.62. The lowest BCUT2D eigenvalue weighted by molar-refractivity contribution is -0.146. The Morgan fingerprint density at radius 3 is 2.26 bits per heavy atom. The third kappa shape index (κ3) is 7.69. The van der Waals surface area contributed by atoms with Crippen LogP contribution in [0.4, 0.5) is 27.6 Å². The Hall–Kier alpha value is -4.81. The third-order valence-electron chi connectivity index (χ3n) is 7.55. The second kappa shape index (κ2) is 13.7. The van der Waals surface area contributed by atoms with Gasteiger partial charge in [0.1, 0.15) is 29.3 Å². The Balaban J connectivity index is 1.64. The van der Waals surface area contributed by atoms with Gasteiger partial charge in [0.05, 0.1) is 11.1 Å². The van der Waals surface area contributed by atoms with Crippen molar-refractivity contribution in [2.75, 3.05) is 12.4 Å². The first kappa shape index (κ1) is 34.1. The van der Waals surface area contributed by atoms with Gasteiger partial charge in [-0.1, -0.05) is 29.8 Å². The van der Waals surface area contributed by atoms with Gasteiger partial charge >= 0.3 is 12.1 Å². The van der Waals surface area contributed by atoms with Crippen molar-refractivity contribution < 1.29 is 41.4 Å². The fourth-order valence-electron chi connectivity index (χ4n) is 5.36. The zero-order chi connectivity index (χ0) is 33.9. The smallest absolute Gasteiger partial charge is 0.408 e. The number of benzene rings is 2. The number of anilines is 1. The van der Waals surface area contributed by atoms with E-state index in [-0.39, 0.29) is 12.3 Å². The molecule has 2 amide bonds. The number of hydrogen-bond acceptors (Lipinski definition) is 5. The molecule has 3 aromatic rings. The lowest BCUT2D eigenvalue weighted by atomic mass is 9.92. The summed E-state index contributed by atoms with van der Waals surface area (Å²) in [5, 5.41) is 17.3. The molecule has 2 atom stereocenters. The van der Waals surface area contributed by atoms with Gasteiger partial charge in [-0.25, -0.2) is 13.6 Å². The van der Waals surface area contributed by atoms with E-state index in [1.54, 1.807) is 31.2 Å². The van der Waals surface area contributed by atoms with Gasteiger partial charge in [0, 0.05) is 36.3 Å². The minimum Gasteiger partial charge on any atom is -0.480 e. The highest BCUT2D eigenvalue weighted by Crippen LogP contribution is 2.42. The van der Waals surface area contributed by atoms with E-state index in [0.29, 0.717) is 58.2 Å². The monoisotopic (exact) mass is 644 g/mol. The topological polar surface area (TPSA) is 120 Å². The number of allylic oxidation sites excluding steroid dienone is 3. The van der Waals surface area contributed by atoms with E-state index >= 15 is 0 Å². The van der Waals surface area contributed by atoms with Crippen molar-refractivity contribution in [3.05, 3.63) is 88.1 Å². The van der Waals surface area contributed by atoms with Crippen molar-refractivity contribution in [1.82, 2.24) is 15.6 Å². The molecule has 0 saturated heterocycles. The molecule has 1 aromatic heterocycles. The summed E-state index contributed by atoms with van der Waals surface area (Å²) in [7, 11) is 1.49. The maximum atomic E-state index is 15.0. The van der Waals surface area contributed by atoms with E-state index in [2.05, 4.69) is 20.9 Å². The number of carboxylic acids is 1. The fourth-order valence-corrected chi connectivity index (χ4v) is 5.36. The summed E-state index contributed by atoms with van der Waals surface area (Å²) in [6, 6.07) is 3.95. The summed E-state index contributed by atoms with van der Waals surface area (Å²) in [6.07, 6.45) is -1.00. The highest BCUT2D eigenvalue weighted by atomic mass is 19.4. The molecule has 0 radical (unpaired) electrons. The number of aromatic nitrogens is 1. The predicted octanol–water partition coefficient (Wildman–Crippen LogP) is 6.18. The first-order valence-corrected chi connectivity index (χ1v) is 14.4. The Morgan fingerprint density at radius 2 is 1.72 bits per heavy atom. The van der Waals surface area contributed by atoms with E-state index in [1.165, 1.54) is 13.2 Å². The first-order valence-electron chi connectivity index (χ1n) is 14.4. The van der Waals surface area contributed by atoms with Gasteiger partial charge < -0.3 is 21.1 Å². The molecule has 8 nitrogen and oxygen atoms in total. The van der Waals surface area contributed by atoms with Crippen LogP contribution in [0.5, 0.6) is 0 Å². The van der Waals surface area contributed by atoms with Crippen LogP contribution in [0.3, 0.4) is 0 Å². The van der Waals surface area contributed by atoms with Crippen LogP contribution in [0.2, 0.25) is 0 Å². The molecule has 2 aromatic carbocycles. The SMILES string of the molecule is CNC(=O)/C(=C(/C)C=C(C)C)c1ccc(C[C@H](NC(=O)c2c(F)cc(N[C@H](C3CC3)C(F)(F)F)cc2F)C(=O)O)c2cccnc12. The zero-order valence-corrected chi connectivity index (χ0v) is 25.5. The molecular weight excluding hydrogens is 611 g/mol. The van der Waals surface area contributed by atoms with E-state index in [4.69, 9.17) is 0 Å². The number of fused-ring (bicyclic) bond motifs is 1. The Labute approximate surface area is 261 Å². The number of likely N-dealkylation sites (N-methyl/N-ethyl adjacent to an activating group) is 1. The van der Waals surface area contributed by atoms with Crippen LogP contribution >= 0.6 is 0 Å². The average Bonchev–Trinajstić information content (AvgIpc) is 3.80. The van der Waals surface area contributed by atoms with Crippen LogP contribution in [-0.2, 0) is 16.0 Å². The fraction of sp³-hybridized carbons (Fsp3) is 0.333. The van der Waals surface area contributed by atoms with Crippen LogP contribution in [0, 0.1) is 17.6 Å². The molecular formula is C33H33F5N4O4. The molecule has 1 saturated carbocycles. The molecule has 1 fully saturated rings. The highest BCUT2D eigenvalue weighted by Gasteiger charge is 2.49. The van der Waals surface area contributed by atoms with Crippen LogP contribution in [0.1, 0.15) is 55.1 Å². The van der Waals surface area contributed by atoms with Crippen molar-refractivity contribution in [3.8, 4) is 0 Å². The summed E-state index contributed by atoms with van der Waals surface area (Å²) >= 11 is 0. The normalized spacial score (nSPS) is 15.0. The molecule has 46 heavy (non-hydrogen) atoms. The van der Waals surface area contributed by atoms with Crippen molar-refractivity contribution >= 4 is 39.9 Å². The lowest BCUT2D eigenvalue weighted by Gasteiger charge is -2.23. The van der Waals surface area contributed by atoms with Gasteiger partial charge in [0.2, 0.25) is 0 Å². The van der Waals surface area contributed by atoms with Crippen molar-refractivity contribution in [3.63, 3.8) is 0 Å². The Morgan fingerprint density at radius 1 is 1.07 bits per heavy atom. The standard InChI is InChI=1S/C33H33F5N4O4/c1-16(2)12-17(3)26(30(43)39-4)22-10-9-19(21-6-5-11-40-28(21)22)13-25(32(45)46)42-31(44)27-23(34)14-20(15-24(27)35)41-29(18-7-8-18)33(36,37)38/h5-6,9-12,14-15,18,25,29,41H,7-8,13H2,1-4H3,(H,39,43)(H,42,44)(H,45,46)/b26-17-/t25-,29+/m0/s1. The average molecular weight is 645 g/mol. The van der Waals surface area contributed by atoms with E-state index in [1.807, 2.05) is 19.9 Å². The summed E-state index contributed by atoms with van der Waals surface area (Å²) in [6.45, 7) is 5.54. The number of carbonyl (C=O) groups excluding carboxylic acids is 2. The summed E-state index contributed by atoms with van der Waals surface area (Å²) < 4.78 is 70.1. The maximum Gasteiger partial charge on any atom is 0.408 e. The maximum absolute atomic E-state index is 15.0. The second-order valence-electron chi connectivity index (χ2n) is 11.4. The van der Waals surface area contributed by atoms with Gasteiger partial charge in [-0.3, -0.25) is 14.6 Å². The van der Waals surface area contributed by atoms with Crippen LogP contribution in [0.25, 0.3) is 16.5 Å². The van der Waals surface area contributed by atoms with Crippen LogP contribution in [0.15, 0.2) is 59.8 Å². The molecule has 13 heteroatoms. The van der Waals surface area contributed by atoms with Gasteiger partial charge in [-0.2, -0.15) is 13.2 Å². The van der Waals surface area contributed by atoms with Gasteiger partial charge in [0.25, 0.3) is 11.8 Å². The number of amides is 2. The minimum absolute atomic E-state index is 0.314. The molecule has 0 unspecified atom stereocenters. The second-order valence-corrected chi connectivity index (χ2v) is 11.4. The molecule has 1 heterocycles. The predicted molar refractivity (Wildman–Crippen MR) is 163 cm³/mol. The third-order valence-corrected chi connectivity index (χ3v) is 7.55. The Bertz CT molecular complexity index is 1720. The molecule has 0 spiro atoms. The number of nitrogens with zero attached hydrogens (tertiary/aromatic N) is 1. The molecule has 0 aliphatic heterocycles. The molecule has 244 valence electrons. The lowest BCUT2D eigenvalue weighted by Crippen LogP contribution is -2.43. The number of carbonyl (C=O) groups is 3. The van der Waals surface area contributed by atoms with Crippen LogP contribution in [-0.4, -0.2) is 53.2 Å². The zero-order valence-electron chi connectivity index (χ0n) is 25.5. The number of hydrogen-bond donors (Lipinski definition) is 4. The molecule has 1 aliphatic carbocycles. The molecule has 4 N–H and O–H groups in total. The number of halogens is 5. The molecule has 4 rings (SSSR count). The number of pyridine rings is 1. The van der Waals surface area contributed by atoms with Gasteiger partial charge in [0.15, 0.2) is 0 Å². The van der Waals surface area contributed by atoms with E-state index in [0.717, 1.165) is 5.57 Å². The number of aliphatic carboxylic acids is 1. The largest absolute Gasteiger partial charge is 0.480 e. The van der Waals surface area contributed by atoms with Crippen LogP contribution < -0.4 is 16.0 Å². The summed E-state index contributed by atoms with van der Waals surface area (Å²) in [5.74, 6) is -6.91. The van der Waals surface area contributed by atoms with E-state index in [9.17, 15) is 41.4 Å².